The van der Waals surface area contributed by atoms with Crippen LogP contribution >= 0.6 is 36.4 Å². The lowest BCUT2D eigenvalue weighted by Gasteiger charge is -2.30. The number of urea groups is 2. The lowest BCUT2D eigenvalue weighted by atomic mass is 9.90. The van der Waals surface area contributed by atoms with E-state index < -0.39 is 130 Å². The van der Waals surface area contributed by atoms with Gasteiger partial charge in [0.05, 0.1) is 50.3 Å². The normalized spacial score (nSPS) is 25.0. The van der Waals surface area contributed by atoms with Crippen LogP contribution in [0.5, 0.6) is 0 Å². The first-order chi connectivity index (χ1) is 45.7. The van der Waals surface area contributed by atoms with Crippen molar-refractivity contribution in [1.29, 1.82) is 0 Å². The number of nitrogen functional groups attached to an aromatic ring is 1. The van der Waals surface area contributed by atoms with E-state index in [1.165, 1.54) is 10.9 Å². The van der Waals surface area contributed by atoms with Crippen molar-refractivity contribution in [3.05, 3.63) is 101 Å². The number of amides is 6. The lowest BCUT2D eigenvalue weighted by molar-refractivity contribution is -0.129. The molecule has 6 aromatic rings. The number of carbonyl (C=O) groups is 6. The van der Waals surface area contributed by atoms with Crippen molar-refractivity contribution in [2.75, 3.05) is 37.4 Å². The maximum Gasteiger partial charge on any atom is 0.389 e. The number of Topliss-reactive ketones (excluding diaryl/α,β-unsaturated/α-hetero) is 2. The van der Waals surface area contributed by atoms with Crippen LogP contribution in [0.4, 0.5) is 29.9 Å². The molecule has 7 heterocycles. The molecule has 0 radical (unpaired) electrons. The average molecular weight is 1420 g/mol. The highest BCUT2D eigenvalue weighted by Gasteiger charge is 2.56. The van der Waals surface area contributed by atoms with E-state index >= 15 is 17.9 Å². The van der Waals surface area contributed by atoms with Gasteiger partial charge in [0.25, 0.3) is 5.56 Å². The first kappa shape index (κ1) is 72.9. The molecule has 0 aliphatic carbocycles. The number of alkyl halides is 2. The molecular formula is C58H77F2N17O15P2S2. The largest absolute Gasteiger partial charge is 0.389 e. The smallest absolute Gasteiger partial charge is 0.382 e. The van der Waals surface area contributed by atoms with E-state index in [4.69, 9.17) is 56.2 Å². The number of anilines is 2. The average Bonchev–Trinajstić information content (AvgIpc) is 1.61. The number of nitrogens with one attached hydrogen (secondary N) is 5. The summed E-state index contributed by atoms with van der Waals surface area (Å²) in [5, 5.41) is 10.5. The van der Waals surface area contributed by atoms with Gasteiger partial charge < -0.3 is 64.4 Å². The summed E-state index contributed by atoms with van der Waals surface area (Å²) in [5.41, 5.74) is 29.8. The number of fused-ring (bicyclic) bond motifs is 4. The third-order valence-corrected chi connectivity index (χ3v) is 23.5. The molecule has 3 fully saturated rings. The molecule has 520 valence electrons. The Balaban J connectivity index is 0.982. The van der Waals surface area contributed by atoms with Crippen LogP contribution in [0.3, 0.4) is 0 Å². The monoisotopic (exact) mass is 1420 g/mol. The quantitative estimate of drug-likeness (QED) is 0.0231. The molecule has 9 rings (SSSR count). The number of ketones is 2. The third-order valence-electron chi connectivity index (χ3n) is 16.2. The molecule has 4 aromatic heterocycles. The number of benzene rings is 2. The summed E-state index contributed by atoms with van der Waals surface area (Å²) in [6.45, 7) is -3.74. The van der Waals surface area contributed by atoms with Crippen LogP contribution in [0.2, 0.25) is 0 Å². The Labute approximate surface area is 556 Å². The van der Waals surface area contributed by atoms with Gasteiger partial charge in [0, 0.05) is 49.0 Å². The molecule has 15 N–H and O–H groups in total. The molecule has 96 heavy (non-hydrogen) atoms. The van der Waals surface area contributed by atoms with Gasteiger partial charge in [0.1, 0.15) is 36.3 Å². The second kappa shape index (κ2) is 32.3. The molecule has 6 amide bonds. The summed E-state index contributed by atoms with van der Waals surface area (Å²) in [4.78, 5) is 112. The summed E-state index contributed by atoms with van der Waals surface area (Å²) in [5.74, 6) is -3.26. The van der Waals surface area contributed by atoms with Crippen molar-refractivity contribution in [1.82, 2.24) is 55.0 Å². The number of rotatable bonds is 28. The van der Waals surface area contributed by atoms with Crippen LogP contribution in [0.1, 0.15) is 88.9 Å². The van der Waals surface area contributed by atoms with Gasteiger partial charge in [-0.1, -0.05) is 64.1 Å². The van der Waals surface area contributed by atoms with Crippen molar-refractivity contribution in [3.63, 3.8) is 0 Å². The second-order valence-corrected chi connectivity index (χ2v) is 31.9. The fourth-order valence-corrected chi connectivity index (χ4v) is 17.4. The molecule has 0 saturated carbocycles. The number of halogens is 2. The zero-order valence-corrected chi connectivity index (χ0v) is 56.0. The summed E-state index contributed by atoms with van der Waals surface area (Å²) in [7, 11) is 0. The zero-order valence-electron chi connectivity index (χ0n) is 52.6. The highest BCUT2D eigenvalue weighted by molar-refractivity contribution is 8.55. The van der Waals surface area contributed by atoms with E-state index in [-0.39, 0.29) is 102 Å². The minimum absolute atomic E-state index is 0.0344. The summed E-state index contributed by atoms with van der Waals surface area (Å²) in [6.07, 6.45) is -9.56. The molecule has 3 saturated heterocycles. The number of ether oxygens (including phenoxy) is 2. The van der Waals surface area contributed by atoms with Crippen molar-refractivity contribution in [2.45, 2.75) is 145 Å². The molecule has 3 aliphatic heterocycles. The fourth-order valence-electron chi connectivity index (χ4n) is 10.6. The Morgan fingerprint density at radius 1 is 0.677 bits per heavy atom. The molecule has 38 heteroatoms. The standard InChI is InChI=1S/C58H77F2N17O15P2S2/c1-29(2)43(61)38(79)20-34(7-5-17-66-57(64)83)52(80)74-35-15-13-33(14-16-35)24-96-94(86)88-22-40-48(42(60)56(90-40)77-28-73-46-51(77)70-26-71-54(46)82)92-93(85,87-21-39-47(91-94)41(59)55(89-39)76-27-72-45-49(63)68-25-69-50(45)76)95-23-32-11-9-31(10-12-32)19-37(78)36(8-6-18-67-58(65)84)75-53(81)44(62)30(3)4/h9-16,25-30,34,36,39-44,47-48,55-56H,5-8,17-24,61-62H2,1-4H3,(H,74,80)(H,75,81)(H2,63,68,69)(H3,64,66,83)(H3,65,67,84)(H,70,71,82)/t34-,36+,39-,40-,41-,42-,43+,44+,47-,48-,55-,56-,93?,94?/m1/s1. The number of nitrogens with two attached hydrogens (primary N) is 5. The number of primary amides is 2. The van der Waals surface area contributed by atoms with Gasteiger partial charge in [-0.25, -0.2) is 52.4 Å². The zero-order chi connectivity index (χ0) is 69.2. The molecule has 2 aromatic carbocycles. The third kappa shape index (κ3) is 18.3. The minimum Gasteiger partial charge on any atom is -0.382 e. The number of aromatic nitrogens is 8. The first-order valence-corrected chi connectivity index (χ1v) is 37.0. The Hall–Kier alpha value is -7.34. The van der Waals surface area contributed by atoms with E-state index in [0.717, 1.165) is 23.5 Å². The number of nitrogens with zero attached hydrogens (tertiary/aromatic N) is 7. The van der Waals surface area contributed by atoms with Crippen LogP contribution in [-0.4, -0.2) is 156 Å². The topological polar surface area (TPSA) is 477 Å². The minimum atomic E-state index is -4.76. The summed E-state index contributed by atoms with van der Waals surface area (Å²) in [6, 6.07) is 8.71. The number of aromatic amines is 1. The second-order valence-electron chi connectivity index (χ2n) is 23.8. The van der Waals surface area contributed by atoms with Gasteiger partial charge in [-0.05, 0) is 89.1 Å². The molecule has 14 atom stereocenters. The Morgan fingerprint density at radius 3 is 1.73 bits per heavy atom. The van der Waals surface area contributed by atoms with Gasteiger partial charge in [-0.3, -0.25) is 51.2 Å². The Bertz CT molecular complexity index is 3910. The van der Waals surface area contributed by atoms with Gasteiger partial charge in [-0.2, -0.15) is 0 Å². The molecule has 2 unspecified atom stereocenters. The number of H-pyrrole nitrogens is 1. The maximum absolute atomic E-state index is 17.6. The predicted molar refractivity (Wildman–Crippen MR) is 349 cm³/mol. The fraction of sp³-hybridized carbons (Fsp3) is 0.517. The van der Waals surface area contributed by atoms with Gasteiger partial charge in [0.15, 0.2) is 59.0 Å². The molecule has 0 bridgehead atoms. The van der Waals surface area contributed by atoms with E-state index in [1.54, 1.807) is 76.2 Å². The van der Waals surface area contributed by atoms with Crippen LogP contribution in [0.15, 0.2) is 78.6 Å². The maximum atomic E-state index is 17.6. The van der Waals surface area contributed by atoms with E-state index in [9.17, 15) is 33.6 Å². The molecule has 0 spiro atoms. The van der Waals surface area contributed by atoms with Crippen LogP contribution in [0.25, 0.3) is 22.3 Å². The molecular weight excluding hydrogens is 1340 g/mol. The van der Waals surface area contributed by atoms with Gasteiger partial charge in [-0.15, -0.1) is 0 Å². The van der Waals surface area contributed by atoms with Crippen molar-refractivity contribution < 1.29 is 74.2 Å². The number of hydrogen-bond acceptors (Lipinski definition) is 25. The van der Waals surface area contributed by atoms with Crippen molar-refractivity contribution in [3.8, 4) is 0 Å². The highest BCUT2D eigenvalue weighted by atomic mass is 32.7. The first-order valence-electron chi connectivity index (χ1n) is 30.7. The Morgan fingerprint density at radius 2 is 1.19 bits per heavy atom. The molecule has 32 nitrogen and oxygen atoms in total. The SMILES string of the molecule is CC(C)[C@H](N)C(=O)C[C@@H](CCCNC(N)=O)C(=O)Nc1ccc(CSP2(=O)OC[C@H]3O[C@@H](n4cnc5c(=O)[nH]cnc54)[C@H](F)[C@@H]3OP(=O)(SCc3ccc(CC(=O)[C@H](CCCNC(N)=O)NC(=O)[C@@H](N)C(C)C)cc3)OC[C@H]3O[C@@H](n4cnc5c(N)ncnc54)[C@H](F)[C@@H]3O2)cc1. The van der Waals surface area contributed by atoms with E-state index in [2.05, 4.69) is 51.2 Å². The van der Waals surface area contributed by atoms with E-state index in [0.29, 0.717) is 58.0 Å². The van der Waals surface area contributed by atoms with E-state index in [1.807, 2.05) is 0 Å². The van der Waals surface area contributed by atoms with Gasteiger partial charge in [0.2, 0.25) is 11.8 Å². The van der Waals surface area contributed by atoms with Crippen LogP contribution in [-0.2, 0) is 73.8 Å². The number of carbonyl (C=O) groups excluding carboxylic acids is 6. The Kier molecular flexibility index (Phi) is 24.6. The number of hydrogen-bond donors (Lipinski definition) is 10. The van der Waals surface area contributed by atoms with Crippen molar-refractivity contribution in [2.24, 2.45) is 40.7 Å². The number of imidazole rings is 2. The van der Waals surface area contributed by atoms with Crippen LogP contribution in [0, 0.1) is 17.8 Å². The predicted octanol–water partition coefficient (Wildman–Crippen LogP) is 4.89. The van der Waals surface area contributed by atoms with Gasteiger partial charge >= 0.3 is 25.7 Å². The molecule has 3 aliphatic rings. The van der Waals surface area contributed by atoms with Crippen molar-refractivity contribution >= 4 is 106 Å². The highest BCUT2D eigenvalue weighted by Crippen LogP contribution is 2.67. The summed E-state index contributed by atoms with van der Waals surface area (Å²) < 4.78 is 106. The summed E-state index contributed by atoms with van der Waals surface area (Å²) >= 11 is 1.23. The lowest BCUT2D eigenvalue weighted by Crippen LogP contribution is -2.50. The van der Waals surface area contributed by atoms with Crippen LogP contribution < -0.4 is 55.5 Å².